The molecule has 0 aliphatic heterocycles. The van der Waals surface area contributed by atoms with Crippen LogP contribution in [0.2, 0.25) is 0 Å². The second kappa shape index (κ2) is 8.06. The smallest absolute Gasteiger partial charge is 0.319 e. The number of methoxy groups -OCH3 is 1. The van der Waals surface area contributed by atoms with Gasteiger partial charge in [0, 0.05) is 12.5 Å². The molecule has 0 bridgehead atoms. The molecule has 0 aliphatic carbocycles. The Kier molecular flexibility index (Phi) is 5.84. The highest BCUT2D eigenvalue weighted by molar-refractivity contribution is 6.09. The average Bonchev–Trinajstić information content (AvgIpc) is 2.62. The Hall–Kier alpha value is -2.95. The first-order valence-corrected chi connectivity index (χ1v) is 7.53. The van der Waals surface area contributed by atoms with Crippen LogP contribution in [0.3, 0.4) is 0 Å². The molecule has 0 heterocycles. The second-order valence-electron chi connectivity index (χ2n) is 5.32. The standard InChI is InChI=1S/C19H19NO4/c1-13(21)20-17(14-9-5-3-6-10-14)16(19(23)24-2)18(22)15-11-7-4-8-12-15/h3-12,16-17H,1-2H3,(H,20,21)/t16-,17-/m1/s1. The molecule has 24 heavy (non-hydrogen) atoms. The highest BCUT2D eigenvalue weighted by atomic mass is 16.5. The van der Waals surface area contributed by atoms with E-state index in [1.165, 1.54) is 14.0 Å². The quantitative estimate of drug-likeness (QED) is 0.503. The number of ether oxygens (including phenoxy) is 1. The Balaban J connectivity index is 2.48. The molecule has 0 saturated heterocycles. The number of carbonyl (C=O) groups is 3. The molecule has 5 heteroatoms. The van der Waals surface area contributed by atoms with Crippen molar-refractivity contribution in [1.29, 1.82) is 0 Å². The molecular weight excluding hydrogens is 306 g/mol. The fourth-order valence-corrected chi connectivity index (χ4v) is 2.54. The minimum Gasteiger partial charge on any atom is -0.468 e. The number of amides is 1. The molecule has 0 radical (unpaired) electrons. The lowest BCUT2D eigenvalue weighted by Crippen LogP contribution is -2.40. The van der Waals surface area contributed by atoms with Crippen molar-refractivity contribution < 1.29 is 19.1 Å². The number of Topliss-reactive ketones (excluding diaryl/α,β-unsaturated/α-hetero) is 1. The maximum Gasteiger partial charge on any atom is 0.319 e. The van der Waals surface area contributed by atoms with E-state index in [0.29, 0.717) is 11.1 Å². The van der Waals surface area contributed by atoms with Crippen molar-refractivity contribution in [2.45, 2.75) is 13.0 Å². The van der Waals surface area contributed by atoms with Gasteiger partial charge in [0.25, 0.3) is 0 Å². The van der Waals surface area contributed by atoms with E-state index >= 15 is 0 Å². The summed E-state index contributed by atoms with van der Waals surface area (Å²) < 4.78 is 4.83. The summed E-state index contributed by atoms with van der Waals surface area (Å²) >= 11 is 0. The van der Waals surface area contributed by atoms with Crippen LogP contribution < -0.4 is 5.32 Å². The van der Waals surface area contributed by atoms with Crippen LogP contribution >= 0.6 is 0 Å². The summed E-state index contributed by atoms with van der Waals surface area (Å²) in [5.74, 6) is -2.58. The molecule has 0 unspecified atom stereocenters. The molecule has 2 rings (SSSR count). The third-order valence-electron chi connectivity index (χ3n) is 3.65. The second-order valence-corrected chi connectivity index (χ2v) is 5.32. The van der Waals surface area contributed by atoms with E-state index in [2.05, 4.69) is 5.32 Å². The lowest BCUT2D eigenvalue weighted by Gasteiger charge is -2.25. The summed E-state index contributed by atoms with van der Waals surface area (Å²) in [4.78, 5) is 36.8. The molecular formula is C19H19NO4. The van der Waals surface area contributed by atoms with E-state index in [1.807, 2.05) is 6.07 Å². The van der Waals surface area contributed by atoms with Gasteiger partial charge in [-0.15, -0.1) is 0 Å². The molecule has 0 saturated carbocycles. The zero-order chi connectivity index (χ0) is 17.5. The molecule has 0 spiro atoms. The number of esters is 1. The van der Waals surface area contributed by atoms with E-state index in [1.54, 1.807) is 54.6 Å². The van der Waals surface area contributed by atoms with Gasteiger partial charge in [0.2, 0.25) is 5.91 Å². The molecule has 0 aliphatic rings. The van der Waals surface area contributed by atoms with Gasteiger partial charge in [-0.1, -0.05) is 60.7 Å². The number of hydrogen-bond acceptors (Lipinski definition) is 4. The van der Waals surface area contributed by atoms with Gasteiger partial charge in [-0.25, -0.2) is 0 Å². The molecule has 2 atom stereocenters. The minimum absolute atomic E-state index is 0.335. The van der Waals surface area contributed by atoms with Crippen LogP contribution in [0.25, 0.3) is 0 Å². The van der Waals surface area contributed by atoms with Crippen LogP contribution in [0, 0.1) is 5.92 Å². The first-order chi connectivity index (χ1) is 11.5. The highest BCUT2D eigenvalue weighted by Crippen LogP contribution is 2.27. The first kappa shape index (κ1) is 17.4. The molecule has 2 aromatic carbocycles. The maximum atomic E-state index is 12.9. The predicted octanol–water partition coefficient (Wildman–Crippen LogP) is 2.54. The topological polar surface area (TPSA) is 72.5 Å². The first-order valence-electron chi connectivity index (χ1n) is 7.53. The number of nitrogens with one attached hydrogen (secondary N) is 1. The maximum absolute atomic E-state index is 12.9. The molecule has 0 fully saturated rings. The number of carbonyl (C=O) groups excluding carboxylic acids is 3. The van der Waals surface area contributed by atoms with Gasteiger partial charge in [-0.3, -0.25) is 14.4 Å². The van der Waals surface area contributed by atoms with Crippen molar-refractivity contribution in [3.8, 4) is 0 Å². The SMILES string of the molecule is COC(=O)[C@@H](C(=O)c1ccccc1)[C@H](NC(C)=O)c1ccccc1. The van der Waals surface area contributed by atoms with Crippen LogP contribution in [-0.4, -0.2) is 24.8 Å². The highest BCUT2D eigenvalue weighted by Gasteiger charge is 2.37. The lowest BCUT2D eigenvalue weighted by molar-refractivity contribution is -0.144. The third-order valence-corrected chi connectivity index (χ3v) is 3.65. The number of hydrogen-bond donors (Lipinski definition) is 1. The van der Waals surface area contributed by atoms with Crippen molar-refractivity contribution in [3.63, 3.8) is 0 Å². The van der Waals surface area contributed by atoms with E-state index < -0.39 is 23.7 Å². The number of rotatable bonds is 6. The van der Waals surface area contributed by atoms with Crippen molar-refractivity contribution in [1.82, 2.24) is 5.32 Å². The van der Waals surface area contributed by atoms with Crippen LogP contribution in [0.15, 0.2) is 60.7 Å². The summed E-state index contributed by atoms with van der Waals surface area (Å²) in [5.41, 5.74) is 1.05. The van der Waals surface area contributed by atoms with Gasteiger partial charge in [0.05, 0.1) is 13.2 Å². The summed E-state index contributed by atoms with van der Waals surface area (Å²) in [6, 6.07) is 16.6. The normalized spacial score (nSPS) is 12.8. The van der Waals surface area contributed by atoms with E-state index in [-0.39, 0.29) is 5.91 Å². The van der Waals surface area contributed by atoms with Crippen molar-refractivity contribution in [2.75, 3.05) is 7.11 Å². The number of ketones is 1. The Morgan fingerprint density at radius 3 is 1.96 bits per heavy atom. The lowest BCUT2D eigenvalue weighted by atomic mass is 9.86. The zero-order valence-corrected chi connectivity index (χ0v) is 13.6. The molecule has 2 aromatic rings. The van der Waals surface area contributed by atoms with Gasteiger partial charge in [0.15, 0.2) is 5.78 Å². The molecule has 1 N–H and O–H groups in total. The summed E-state index contributed by atoms with van der Waals surface area (Å²) in [6.07, 6.45) is 0. The van der Waals surface area contributed by atoms with Gasteiger partial charge >= 0.3 is 5.97 Å². The Labute approximate surface area is 140 Å². The van der Waals surface area contributed by atoms with Crippen molar-refractivity contribution >= 4 is 17.7 Å². The fraction of sp³-hybridized carbons (Fsp3) is 0.211. The monoisotopic (exact) mass is 325 g/mol. The molecule has 0 aromatic heterocycles. The minimum atomic E-state index is -1.16. The molecule has 5 nitrogen and oxygen atoms in total. The Morgan fingerprint density at radius 1 is 0.917 bits per heavy atom. The largest absolute Gasteiger partial charge is 0.468 e. The molecule has 1 amide bonds. The third kappa shape index (κ3) is 4.07. The predicted molar refractivity (Wildman–Crippen MR) is 89.3 cm³/mol. The van der Waals surface area contributed by atoms with E-state index in [9.17, 15) is 14.4 Å². The van der Waals surface area contributed by atoms with Crippen LogP contribution in [0.1, 0.15) is 28.9 Å². The van der Waals surface area contributed by atoms with Gasteiger partial charge in [-0.2, -0.15) is 0 Å². The Bertz CT molecular complexity index is 713. The van der Waals surface area contributed by atoms with E-state index in [0.717, 1.165) is 0 Å². The number of benzene rings is 2. The zero-order valence-electron chi connectivity index (χ0n) is 13.6. The van der Waals surface area contributed by atoms with Crippen LogP contribution in [-0.2, 0) is 14.3 Å². The average molecular weight is 325 g/mol. The van der Waals surface area contributed by atoms with Gasteiger partial charge < -0.3 is 10.1 Å². The van der Waals surface area contributed by atoms with Crippen molar-refractivity contribution in [3.05, 3.63) is 71.8 Å². The van der Waals surface area contributed by atoms with Gasteiger partial charge in [0.1, 0.15) is 5.92 Å². The summed E-state index contributed by atoms with van der Waals surface area (Å²) in [5, 5.41) is 2.70. The summed E-state index contributed by atoms with van der Waals surface area (Å²) in [6.45, 7) is 1.34. The molecule has 124 valence electrons. The van der Waals surface area contributed by atoms with E-state index in [4.69, 9.17) is 4.74 Å². The van der Waals surface area contributed by atoms with Gasteiger partial charge in [-0.05, 0) is 5.56 Å². The van der Waals surface area contributed by atoms with Crippen LogP contribution in [0.5, 0.6) is 0 Å². The van der Waals surface area contributed by atoms with Crippen molar-refractivity contribution in [2.24, 2.45) is 5.92 Å². The Morgan fingerprint density at radius 2 is 1.46 bits per heavy atom. The summed E-state index contributed by atoms with van der Waals surface area (Å²) in [7, 11) is 1.23. The fourth-order valence-electron chi connectivity index (χ4n) is 2.54. The van der Waals surface area contributed by atoms with Crippen LogP contribution in [0.4, 0.5) is 0 Å².